The fraction of sp³-hybridized carbons (Fsp3) is 0.474. The van der Waals surface area contributed by atoms with Crippen molar-refractivity contribution in [1.29, 1.82) is 0 Å². The summed E-state index contributed by atoms with van der Waals surface area (Å²) in [5.41, 5.74) is 2.78. The molecule has 2 atom stereocenters. The molecule has 0 bridgehead atoms. The Morgan fingerprint density at radius 2 is 2.10 bits per heavy atom. The molecular formula is C19H25NO. The van der Waals surface area contributed by atoms with Gasteiger partial charge in [0.1, 0.15) is 5.76 Å². The van der Waals surface area contributed by atoms with Gasteiger partial charge in [-0.05, 0) is 30.9 Å². The van der Waals surface area contributed by atoms with E-state index in [0.717, 1.165) is 6.42 Å². The molecule has 1 aliphatic carbocycles. The minimum absolute atomic E-state index is 0.439. The molecule has 0 saturated heterocycles. The van der Waals surface area contributed by atoms with Crippen molar-refractivity contribution in [3.05, 3.63) is 59.5 Å². The van der Waals surface area contributed by atoms with Crippen molar-refractivity contribution < 1.29 is 4.42 Å². The van der Waals surface area contributed by atoms with Gasteiger partial charge in [0.05, 0.1) is 6.26 Å². The number of benzene rings is 1. The molecule has 1 aromatic heterocycles. The number of hydrogen-bond acceptors (Lipinski definition) is 2. The molecule has 2 nitrogen and oxygen atoms in total. The second-order valence-electron chi connectivity index (χ2n) is 6.02. The van der Waals surface area contributed by atoms with Crippen molar-refractivity contribution >= 4 is 0 Å². The van der Waals surface area contributed by atoms with Crippen LogP contribution in [0.25, 0.3) is 0 Å². The summed E-state index contributed by atoms with van der Waals surface area (Å²) in [5, 5.41) is 3.89. The zero-order valence-corrected chi connectivity index (χ0v) is 12.8. The summed E-state index contributed by atoms with van der Waals surface area (Å²) >= 11 is 0. The molecule has 3 rings (SSSR count). The molecule has 1 N–H and O–H groups in total. The lowest BCUT2D eigenvalue weighted by atomic mass is 9.91. The monoisotopic (exact) mass is 283 g/mol. The van der Waals surface area contributed by atoms with Crippen molar-refractivity contribution in [2.75, 3.05) is 0 Å². The molecule has 21 heavy (non-hydrogen) atoms. The molecular weight excluding hydrogens is 258 g/mol. The summed E-state index contributed by atoms with van der Waals surface area (Å²) in [6, 6.07) is 13.9. The number of unbranched alkanes of at least 4 members (excludes halogenated alkanes) is 1. The molecule has 2 unspecified atom stereocenters. The zero-order valence-electron chi connectivity index (χ0n) is 12.8. The number of aryl methyl sites for hydroxylation is 1. The van der Waals surface area contributed by atoms with E-state index in [1.54, 1.807) is 0 Å². The number of fused-ring (bicyclic) bond motifs is 1. The van der Waals surface area contributed by atoms with E-state index in [9.17, 15) is 0 Å². The Balaban J connectivity index is 1.76. The summed E-state index contributed by atoms with van der Waals surface area (Å²) in [7, 11) is 0. The fourth-order valence-corrected chi connectivity index (χ4v) is 3.34. The molecule has 0 saturated carbocycles. The van der Waals surface area contributed by atoms with Crippen LogP contribution in [-0.4, -0.2) is 0 Å². The van der Waals surface area contributed by atoms with E-state index in [1.165, 1.54) is 49.0 Å². The summed E-state index contributed by atoms with van der Waals surface area (Å²) in [6.45, 7) is 2.26. The molecule has 112 valence electrons. The van der Waals surface area contributed by atoms with E-state index in [1.807, 2.05) is 6.26 Å². The van der Waals surface area contributed by atoms with E-state index >= 15 is 0 Å². The number of hydrogen-bond donors (Lipinski definition) is 1. The first-order valence-corrected chi connectivity index (χ1v) is 8.25. The first-order valence-electron chi connectivity index (χ1n) is 8.25. The van der Waals surface area contributed by atoms with E-state index in [4.69, 9.17) is 4.42 Å². The number of furan rings is 1. The van der Waals surface area contributed by atoms with Gasteiger partial charge in [0.15, 0.2) is 0 Å². The summed E-state index contributed by atoms with van der Waals surface area (Å²) in [5.74, 6) is 1.18. The van der Waals surface area contributed by atoms with Crippen LogP contribution in [0.15, 0.2) is 47.1 Å². The van der Waals surface area contributed by atoms with Crippen LogP contribution >= 0.6 is 0 Å². The third kappa shape index (κ3) is 3.38. The second kappa shape index (κ2) is 6.95. The lowest BCUT2D eigenvalue weighted by molar-refractivity contribution is 0.361. The highest BCUT2D eigenvalue weighted by atomic mass is 16.3. The van der Waals surface area contributed by atoms with E-state index in [0.29, 0.717) is 12.1 Å². The normalized spacial score (nSPS) is 19.2. The van der Waals surface area contributed by atoms with Crippen LogP contribution in [0.5, 0.6) is 0 Å². The van der Waals surface area contributed by atoms with Crippen molar-refractivity contribution in [1.82, 2.24) is 5.32 Å². The van der Waals surface area contributed by atoms with Gasteiger partial charge in [-0.1, -0.05) is 50.1 Å². The molecule has 0 amide bonds. The molecule has 2 heteroatoms. The largest absolute Gasteiger partial charge is 0.469 e. The van der Waals surface area contributed by atoms with E-state index < -0.39 is 0 Å². The lowest BCUT2D eigenvalue weighted by Crippen LogP contribution is -2.28. The Labute approximate surface area is 127 Å². The Morgan fingerprint density at radius 3 is 2.90 bits per heavy atom. The van der Waals surface area contributed by atoms with Crippen molar-refractivity contribution in [3.8, 4) is 0 Å². The topological polar surface area (TPSA) is 25.2 Å². The summed E-state index contributed by atoms with van der Waals surface area (Å²) < 4.78 is 5.61. The van der Waals surface area contributed by atoms with Gasteiger partial charge < -0.3 is 9.73 Å². The Bertz CT molecular complexity index is 546. The quantitative estimate of drug-likeness (QED) is 0.790. The third-order valence-corrected chi connectivity index (χ3v) is 4.50. The SMILES string of the molecule is CCCCC(NC1CCCc2occc21)c1ccccc1. The maximum absolute atomic E-state index is 5.61. The molecule has 1 aliphatic rings. The fourth-order valence-electron chi connectivity index (χ4n) is 3.34. The Morgan fingerprint density at radius 1 is 1.24 bits per heavy atom. The van der Waals surface area contributed by atoms with Gasteiger partial charge in [0, 0.05) is 24.1 Å². The first-order chi connectivity index (χ1) is 10.4. The van der Waals surface area contributed by atoms with Crippen LogP contribution in [0.1, 0.15) is 68.0 Å². The summed E-state index contributed by atoms with van der Waals surface area (Å²) in [4.78, 5) is 0. The first kappa shape index (κ1) is 14.4. The van der Waals surface area contributed by atoms with Gasteiger partial charge in [-0.3, -0.25) is 0 Å². The van der Waals surface area contributed by atoms with Gasteiger partial charge in [-0.2, -0.15) is 0 Å². The van der Waals surface area contributed by atoms with Crippen molar-refractivity contribution in [2.45, 2.75) is 57.5 Å². The van der Waals surface area contributed by atoms with Crippen LogP contribution in [0.3, 0.4) is 0 Å². The van der Waals surface area contributed by atoms with Gasteiger partial charge in [-0.25, -0.2) is 0 Å². The van der Waals surface area contributed by atoms with E-state index in [-0.39, 0.29) is 0 Å². The maximum Gasteiger partial charge on any atom is 0.108 e. The highest BCUT2D eigenvalue weighted by Gasteiger charge is 2.25. The smallest absolute Gasteiger partial charge is 0.108 e. The second-order valence-corrected chi connectivity index (χ2v) is 6.02. The third-order valence-electron chi connectivity index (χ3n) is 4.50. The maximum atomic E-state index is 5.61. The molecule has 2 aromatic rings. The van der Waals surface area contributed by atoms with Gasteiger partial charge >= 0.3 is 0 Å². The lowest BCUT2D eigenvalue weighted by Gasteiger charge is -2.28. The Kier molecular flexibility index (Phi) is 4.76. The minimum Gasteiger partial charge on any atom is -0.469 e. The van der Waals surface area contributed by atoms with Crippen molar-refractivity contribution in [2.24, 2.45) is 0 Å². The van der Waals surface area contributed by atoms with Crippen LogP contribution in [0, 0.1) is 0 Å². The molecule has 1 aromatic carbocycles. The number of rotatable bonds is 6. The number of nitrogens with one attached hydrogen (secondary N) is 1. The van der Waals surface area contributed by atoms with Gasteiger partial charge in [0.25, 0.3) is 0 Å². The van der Waals surface area contributed by atoms with Crippen LogP contribution in [0.4, 0.5) is 0 Å². The minimum atomic E-state index is 0.439. The van der Waals surface area contributed by atoms with Gasteiger partial charge in [0.2, 0.25) is 0 Å². The van der Waals surface area contributed by atoms with Crippen LogP contribution in [-0.2, 0) is 6.42 Å². The molecule has 0 radical (unpaired) electrons. The zero-order chi connectivity index (χ0) is 14.5. The Hall–Kier alpha value is -1.54. The molecule has 0 aliphatic heterocycles. The molecule has 0 spiro atoms. The molecule has 0 fully saturated rings. The average molecular weight is 283 g/mol. The van der Waals surface area contributed by atoms with Gasteiger partial charge in [-0.15, -0.1) is 0 Å². The highest BCUT2D eigenvalue weighted by molar-refractivity contribution is 5.26. The predicted molar refractivity (Wildman–Crippen MR) is 86.2 cm³/mol. The summed E-state index contributed by atoms with van der Waals surface area (Å²) in [6.07, 6.45) is 9.06. The van der Waals surface area contributed by atoms with Crippen molar-refractivity contribution in [3.63, 3.8) is 0 Å². The average Bonchev–Trinajstić information content (AvgIpc) is 3.01. The van der Waals surface area contributed by atoms with Crippen LogP contribution < -0.4 is 5.32 Å². The van der Waals surface area contributed by atoms with Crippen LogP contribution in [0.2, 0.25) is 0 Å². The standard InChI is InChI=1S/C19H25NO/c1-2-3-10-17(15-8-5-4-6-9-15)20-18-11-7-12-19-16(18)13-14-21-19/h4-6,8-9,13-14,17-18,20H,2-3,7,10-12H2,1H3. The van der Waals surface area contributed by atoms with E-state index in [2.05, 4.69) is 48.6 Å². The molecule has 1 heterocycles. The highest BCUT2D eigenvalue weighted by Crippen LogP contribution is 2.33. The predicted octanol–water partition coefficient (Wildman–Crippen LogP) is 5.18.